The number of halogens is 2. The minimum Gasteiger partial charge on any atom is -0.434 e. The third-order valence-electron chi connectivity index (χ3n) is 4.58. The lowest BCUT2D eigenvalue weighted by Crippen LogP contribution is -2.30. The Morgan fingerprint density at radius 1 is 1.14 bits per heavy atom. The molecule has 0 atom stereocenters. The minimum absolute atomic E-state index is 0.0525. The van der Waals surface area contributed by atoms with Gasteiger partial charge < -0.3 is 10.1 Å². The van der Waals surface area contributed by atoms with Crippen molar-refractivity contribution in [2.45, 2.75) is 39.2 Å². The Hall–Kier alpha value is -2.52. The molecule has 0 bridgehead atoms. The maximum absolute atomic E-state index is 12.9. The first-order valence-corrected chi connectivity index (χ1v) is 10.5. The van der Waals surface area contributed by atoms with Crippen LogP contribution in [-0.4, -0.2) is 38.3 Å². The number of carbonyl (C=O) groups is 1. The minimum atomic E-state index is -3.73. The highest BCUT2D eigenvalue weighted by Crippen LogP contribution is 2.28. The molecule has 0 aromatic heterocycles. The van der Waals surface area contributed by atoms with Gasteiger partial charge >= 0.3 is 6.61 Å². The van der Waals surface area contributed by atoms with Crippen molar-refractivity contribution < 1.29 is 26.7 Å². The van der Waals surface area contributed by atoms with E-state index in [9.17, 15) is 22.0 Å². The van der Waals surface area contributed by atoms with E-state index < -0.39 is 22.5 Å². The molecular weight excluding hydrogens is 402 g/mol. The quantitative estimate of drug-likeness (QED) is 0.687. The number of hydrogen-bond acceptors (Lipinski definition) is 4. The van der Waals surface area contributed by atoms with Gasteiger partial charge in [-0.1, -0.05) is 26.0 Å². The number of amides is 1. The van der Waals surface area contributed by atoms with Crippen LogP contribution in [0, 0.1) is 13.8 Å². The van der Waals surface area contributed by atoms with E-state index in [0.29, 0.717) is 24.2 Å². The average Bonchev–Trinajstić information content (AvgIpc) is 2.65. The molecule has 0 unspecified atom stereocenters. The van der Waals surface area contributed by atoms with Crippen LogP contribution in [0.1, 0.15) is 35.3 Å². The number of nitrogens with zero attached hydrogens (tertiary/aromatic N) is 1. The van der Waals surface area contributed by atoms with Crippen LogP contribution in [0.25, 0.3) is 0 Å². The fourth-order valence-electron chi connectivity index (χ4n) is 2.86. The molecular formula is C20H24F2N2O4S. The molecule has 0 spiro atoms. The van der Waals surface area contributed by atoms with E-state index in [1.807, 2.05) is 0 Å². The van der Waals surface area contributed by atoms with Crippen LogP contribution in [-0.2, 0) is 10.0 Å². The van der Waals surface area contributed by atoms with Gasteiger partial charge in [-0.3, -0.25) is 4.79 Å². The SMILES string of the molecule is CCN(CC)S(=O)(=O)c1cc(C)c(C)c(NC(=O)c2ccccc2OC(F)F)c1. The highest BCUT2D eigenvalue weighted by molar-refractivity contribution is 7.89. The molecule has 0 heterocycles. The van der Waals surface area contributed by atoms with Crippen LogP contribution in [0.3, 0.4) is 0 Å². The maximum Gasteiger partial charge on any atom is 0.387 e. The van der Waals surface area contributed by atoms with Crippen molar-refractivity contribution in [3.63, 3.8) is 0 Å². The van der Waals surface area contributed by atoms with Gasteiger partial charge in [0.15, 0.2) is 0 Å². The molecule has 2 aromatic rings. The van der Waals surface area contributed by atoms with Crippen molar-refractivity contribution in [2.75, 3.05) is 18.4 Å². The van der Waals surface area contributed by atoms with Crippen molar-refractivity contribution in [3.8, 4) is 5.75 Å². The van der Waals surface area contributed by atoms with E-state index in [0.717, 1.165) is 0 Å². The second-order valence-electron chi connectivity index (χ2n) is 6.33. The molecule has 2 aromatic carbocycles. The van der Waals surface area contributed by atoms with E-state index in [2.05, 4.69) is 10.1 Å². The molecule has 29 heavy (non-hydrogen) atoms. The Labute approximate surface area is 169 Å². The number of nitrogens with one attached hydrogen (secondary N) is 1. The standard InChI is InChI=1S/C20H24F2N2O4S/c1-5-24(6-2)29(26,27)15-11-13(3)14(4)17(12-15)23-19(25)16-9-7-8-10-18(16)28-20(21)22/h7-12,20H,5-6H2,1-4H3,(H,23,25). The topological polar surface area (TPSA) is 75.7 Å². The summed E-state index contributed by atoms with van der Waals surface area (Å²) in [5.41, 5.74) is 1.55. The van der Waals surface area contributed by atoms with Gasteiger partial charge in [-0.2, -0.15) is 13.1 Å². The highest BCUT2D eigenvalue weighted by atomic mass is 32.2. The normalized spacial score (nSPS) is 11.7. The zero-order chi connectivity index (χ0) is 21.8. The molecule has 1 N–H and O–H groups in total. The molecule has 0 aliphatic rings. The first-order valence-electron chi connectivity index (χ1n) is 9.08. The van der Waals surface area contributed by atoms with E-state index >= 15 is 0 Å². The summed E-state index contributed by atoms with van der Waals surface area (Å²) in [5, 5.41) is 2.62. The molecule has 2 rings (SSSR count). The number of rotatable bonds is 8. The van der Waals surface area contributed by atoms with Gasteiger partial charge in [0.1, 0.15) is 5.75 Å². The molecule has 0 aliphatic carbocycles. The van der Waals surface area contributed by atoms with Gasteiger partial charge in [-0.05, 0) is 49.2 Å². The molecule has 0 fully saturated rings. The van der Waals surface area contributed by atoms with Gasteiger partial charge in [0, 0.05) is 18.8 Å². The number of hydrogen-bond donors (Lipinski definition) is 1. The van der Waals surface area contributed by atoms with Crippen LogP contribution < -0.4 is 10.1 Å². The second kappa shape index (κ2) is 9.32. The molecule has 0 aliphatic heterocycles. The number of aryl methyl sites for hydroxylation is 1. The summed E-state index contributed by atoms with van der Waals surface area (Å²) in [6.07, 6.45) is 0. The highest BCUT2D eigenvalue weighted by Gasteiger charge is 2.24. The molecule has 158 valence electrons. The monoisotopic (exact) mass is 426 g/mol. The Bertz CT molecular complexity index is 990. The van der Waals surface area contributed by atoms with Crippen LogP contribution in [0.5, 0.6) is 5.75 Å². The van der Waals surface area contributed by atoms with Gasteiger partial charge in [-0.15, -0.1) is 0 Å². The summed E-state index contributed by atoms with van der Waals surface area (Å²) in [7, 11) is -3.73. The van der Waals surface area contributed by atoms with E-state index in [1.54, 1.807) is 33.8 Å². The third-order valence-corrected chi connectivity index (χ3v) is 6.61. The predicted molar refractivity (Wildman–Crippen MR) is 107 cm³/mol. The van der Waals surface area contributed by atoms with Gasteiger partial charge in [-0.25, -0.2) is 8.42 Å². The summed E-state index contributed by atoms with van der Waals surface area (Å²) < 4.78 is 56.6. The summed E-state index contributed by atoms with van der Waals surface area (Å²) in [6.45, 7) is 4.50. The first-order chi connectivity index (χ1) is 13.6. The fourth-order valence-corrected chi connectivity index (χ4v) is 4.43. The van der Waals surface area contributed by atoms with Crippen LogP contribution in [0.4, 0.5) is 14.5 Å². The number of anilines is 1. The Kier molecular flexibility index (Phi) is 7.32. The molecule has 1 amide bonds. The predicted octanol–water partition coefficient (Wildman–Crippen LogP) is 4.19. The lowest BCUT2D eigenvalue weighted by Gasteiger charge is -2.20. The maximum atomic E-state index is 12.9. The summed E-state index contributed by atoms with van der Waals surface area (Å²) in [4.78, 5) is 12.7. The van der Waals surface area contributed by atoms with Gasteiger partial charge in [0.25, 0.3) is 5.91 Å². The number of benzene rings is 2. The second-order valence-corrected chi connectivity index (χ2v) is 8.27. The zero-order valence-electron chi connectivity index (χ0n) is 16.7. The van der Waals surface area contributed by atoms with Crippen molar-refractivity contribution in [3.05, 3.63) is 53.1 Å². The van der Waals surface area contributed by atoms with Crippen LogP contribution in [0.2, 0.25) is 0 Å². The number of para-hydroxylation sites is 1. The van der Waals surface area contributed by atoms with E-state index in [4.69, 9.17) is 0 Å². The molecule has 6 nitrogen and oxygen atoms in total. The lowest BCUT2D eigenvalue weighted by atomic mass is 10.1. The first kappa shape index (κ1) is 22.8. The Balaban J connectivity index is 2.44. The van der Waals surface area contributed by atoms with E-state index in [1.165, 1.54) is 34.6 Å². The number of carbonyl (C=O) groups excluding carboxylic acids is 1. The van der Waals surface area contributed by atoms with Crippen molar-refractivity contribution in [1.82, 2.24) is 4.31 Å². The third kappa shape index (κ3) is 5.10. The van der Waals surface area contributed by atoms with Gasteiger partial charge in [0.2, 0.25) is 10.0 Å². The summed E-state index contributed by atoms with van der Waals surface area (Å²) in [6, 6.07) is 8.54. The molecule has 0 saturated carbocycles. The van der Waals surface area contributed by atoms with Crippen molar-refractivity contribution in [2.24, 2.45) is 0 Å². The zero-order valence-corrected chi connectivity index (χ0v) is 17.5. The molecule has 0 saturated heterocycles. The summed E-state index contributed by atoms with van der Waals surface area (Å²) >= 11 is 0. The lowest BCUT2D eigenvalue weighted by molar-refractivity contribution is -0.0501. The number of alkyl halides is 2. The van der Waals surface area contributed by atoms with Crippen molar-refractivity contribution >= 4 is 21.6 Å². The van der Waals surface area contributed by atoms with Crippen LogP contribution >= 0.6 is 0 Å². The molecule has 0 radical (unpaired) electrons. The van der Waals surface area contributed by atoms with Crippen LogP contribution in [0.15, 0.2) is 41.3 Å². The number of sulfonamides is 1. The Morgan fingerprint density at radius 3 is 2.34 bits per heavy atom. The largest absolute Gasteiger partial charge is 0.434 e. The average molecular weight is 426 g/mol. The molecule has 9 heteroatoms. The van der Waals surface area contributed by atoms with E-state index in [-0.39, 0.29) is 21.9 Å². The number of ether oxygens (including phenoxy) is 1. The fraction of sp³-hybridized carbons (Fsp3) is 0.350. The summed E-state index contributed by atoms with van der Waals surface area (Å²) in [5.74, 6) is -0.942. The Morgan fingerprint density at radius 2 is 1.76 bits per heavy atom. The van der Waals surface area contributed by atoms with Crippen molar-refractivity contribution in [1.29, 1.82) is 0 Å². The smallest absolute Gasteiger partial charge is 0.387 e. The van der Waals surface area contributed by atoms with Gasteiger partial charge in [0.05, 0.1) is 10.5 Å².